The maximum atomic E-state index is 11.8. The van der Waals surface area contributed by atoms with E-state index in [2.05, 4.69) is 22.5 Å². The van der Waals surface area contributed by atoms with Crippen LogP contribution in [0.25, 0.3) is 0 Å². The Bertz CT molecular complexity index is 202. The summed E-state index contributed by atoms with van der Waals surface area (Å²) in [6.07, 6.45) is 0.986. The van der Waals surface area contributed by atoms with Crippen molar-refractivity contribution in [3.05, 3.63) is 0 Å². The van der Waals surface area contributed by atoms with E-state index in [9.17, 15) is 4.79 Å². The lowest BCUT2D eigenvalue weighted by atomic mass is 10.2. The standard InChI is InChI=1S/C11H23N3O/c1-4-9(2)13-11(15)10(3)14-7-5-12-6-8-14/h9-10,12H,4-8H2,1-3H3,(H,13,15). The number of nitrogens with zero attached hydrogens (tertiary/aromatic N) is 1. The molecule has 1 amide bonds. The fourth-order valence-corrected chi connectivity index (χ4v) is 1.70. The summed E-state index contributed by atoms with van der Waals surface area (Å²) < 4.78 is 0. The van der Waals surface area contributed by atoms with Gasteiger partial charge in [0.2, 0.25) is 5.91 Å². The number of hydrogen-bond acceptors (Lipinski definition) is 3. The van der Waals surface area contributed by atoms with E-state index in [1.807, 2.05) is 13.8 Å². The fraction of sp³-hybridized carbons (Fsp3) is 0.909. The highest BCUT2D eigenvalue weighted by Gasteiger charge is 2.22. The third kappa shape index (κ3) is 3.80. The van der Waals surface area contributed by atoms with Gasteiger partial charge in [0.15, 0.2) is 0 Å². The van der Waals surface area contributed by atoms with Gasteiger partial charge in [-0.15, -0.1) is 0 Å². The van der Waals surface area contributed by atoms with Crippen molar-refractivity contribution in [3.8, 4) is 0 Å². The molecular weight excluding hydrogens is 190 g/mol. The average molecular weight is 213 g/mol. The fourth-order valence-electron chi connectivity index (χ4n) is 1.70. The SMILES string of the molecule is CCC(C)NC(=O)C(C)N1CCNCC1. The van der Waals surface area contributed by atoms with Crippen LogP contribution in [0, 0.1) is 0 Å². The van der Waals surface area contributed by atoms with Gasteiger partial charge in [-0.3, -0.25) is 9.69 Å². The molecule has 0 aromatic carbocycles. The van der Waals surface area contributed by atoms with Gasteiger partial charge in [0.1, 0.15) is 0 Å². The lowest BCUT2D eigenvalue weighted by Crippen LogP contribution is -2.53. The largest absolute Gasteiger partial charge is 0.352 e. The molecule has 1 rings (SSSR count). The predicted octanol–water partition coefficient (Wildman–Crippen LogP) is 0.195. The van der Waals surface area contributed by atoms with E-state index in [0.29, 0.717) is 0 Å². The minimum Gasteiger partial charge on any atom is -0.352 e. The Kier molecular flexibility index (Phi) is 5.05. The highest BCUT2D eigenvalue weighted by Crippen LogP contribution is 2.02. The maximum Gasteiger partial charge on any atom is 0.237 e. The van der Waals surface area contributed by atoms with Crippen molar-refractivity contribution < 1.29 is 4.79 Å². The summed E-state index contributed by atoms with van der Waals surface area (Å²) in [7, 11) is 0. The van der Waals surface area contributed by atoms with Crippen LogP contribution in [0.2, 0.25) is 0 Å². The number of amides is 1. The Hall–Kier alpha value is -0.610. The van der Waals surface area contributed by atoms with Crippen molar-refractivity contribution in [2.45, 2.75) is 39.3 Å². The Morgan fingerprint density at radius 1 is 1.40 bits per heavy atom. The summed E-state index contributed by atoms with van der Waals surface area (Å²) >= 11 is 0. The maximum absolute atomic E-state index is 11.8. The van der Waals surface area contributed by atoms with Crippen LogP contribution < -0.4 is 10.6 Å². The second-order valence-electron chi connectivity index (χ2n) is 4.28. The van der Waals surface area contributed by atoms with Gasteiger partial charge in [0, 0.05) is 32.2 Å². The van der Waals surface area contributed by atoms with Crippen LogP contribution in [0.15, 0.2) is 0 Å². The van der Waals surface area contributed by atoms with Crippen LogP contribution in [0.1, 0.15) is 27.2 Å². The Morgan fingerprint density at radius 2 is 2.00 bits per heavy atom. The van der Waals surface area contributed by atoms with Crippen LogP contribution in [0.4, 0.5) is 0 Å². The van der Waals surface area contributed by atoms with Crippen LogP contribution in [0.3, 0.4) is 0 Å². The molecule has 88 valence electrons. The van der Waals surface area contributed by atoms with Gasteiger partial charge < -0.3 is 10.6 Å². The second-order valence-corrected chi connectivity index (χ2v) is 4.28. The van der Waals surface area contributed by atoms with Gasteiger partial charge in [-0.25, -0.2) is 0 Å². The summed E-state index contributed by atoms with van der Waals surface area (Å²) in [6.45, 7) is 10.0. The second kappa shape index (κ2) is 6.08. The van der Waals surface area contributed by atoms with Crippen molar-refractivity contribution >= 4 is 5.91 Å². The summed E-state index contributed by atoms with van der Waals surface area (Å²) in [5.41, 5.74) is 0. The average Bonchev–Trinajstić information content (AvgIpc) is 2.29. The third-order valence-corrected chi connectivity index (χ3v) is 3.08. The van der Waals surface area contributed by atoms with E-state index in [-0.39, 0.29) is 18.0 Å². The lowest BCUT2D eigenvalue weighted by Gasteiger charge is -2.32. The molecule has 1 aliphatic heterocycles. The zero-order valence-corrected chi connectivity index (χ0v) is 10.0. The van der Waals surface area contributed by atoms with Crippen LogP contribution >= 0.6 is 0 Å². The van der Waals surface area contributed by atoms with E-state index in [4.69, 9.17) is 0 Å². The molecule has 1 heterocycles. The zero-order valence-electron chi connectivity index (χ0n) is 10.0. The third-order valence-electron chi connectivity index (χ3n) is 3.08. The first-order chi connectivity index (χ1) is 7.15. The number of rotatable bonds is 4. The first kappa shape index (κ1) is 12.5. The van der Waals surface area contributed by atoms with Gasteiger partial charge in [-0.05, 0) is 20.3 Å². The number of carbonyl (C=O) groups excluding carboxylic acids is 1. The molecule has 2 atom stereocenters. The van der Waals surface area contributed by atoms with Crippen molar-refractivity contribution in [2.75, 3.05) is 26.2 Å². The number of piperazine rings is 1. The molecule has 1 saturated heterocycles. The first-order valence-electron chi connectivity index (χ1n) is 5.90. The lowest BCUT2D eigenvalue weighted by molar-refractivity contribution is -0.126. The zero-order chi connectivity index (χ0) is 11.3. The number of nitrogens with one attached hydrogen (secondary N) is 2. The molecule has 0 aliphatic carbocycles. The molecule has 0 spiro atoms. The van der Waals surface area contributed by atoms with Crippen molar-refractivity contribution in [1.82, 2.24) is 15.5 Å². The minimum absolute atomic E-state index is 0.00102. The van der Waals surface area contributed by atoms with Gasteiger partial charge in [0.05, 0.1) is 6.04 Å². The van der Waals surface area contributed by atoms with Gasteiger partial charge in [0.25, 0.3) is 0 Å². The molecule has 1 fully saturated rings. The quantitative estimate of drug-likeness (QED) is 0.701. The van der Waals surface area contributed by atoms with E-state index in [1.54, 1.807) is 0 Å². The van der Waals surface area contributed by atoms with E-state index in [0.717, 1.165) is 32.6 Å². The molecule has 0 saturated carbocycles. The molecule has 0 bridgehead atoms. The highest BCUT2D eigenvalue weighted by atomic mass is 16.2. The predicted molar refractivity (Wildman–Crippen MR) is 61.8 cm³/mol. The first-order valence-corrected chi connectivity index (χ1v) is 5.90. The number of hydrogen-bond donors (Lipinski definition) is 2. The van der Waals surface area contributed by atoms with Crippen molar-refractivity contribution in [2.24, 2.45) is 0 Å². The molecule has 2 unspecified atom stereocenters. The highest BCUT2D eigenvalue weighted by molar-refractivity contribution is 5.81. The van der Waals surface area contributed by atoms with Crippen LogP contribution in [-0.4, -0.2) is 49.1 Å². The van der Waals surface area contributed by atoms with Gasteiger partial charge in [-0.1, -0.05) is 6.92 Å². The summed E-state index contributed by atoms with van der Waals surface area (Å²) in [5.74, 6) is 0.159. The van der Waals surface area contributed by atoms with Crippen LogP contribution in [-0.2, 0) is 4.79 Å². The monoisotopic (exact) mass is 213 g/mol. The topological polar surface area (TPSA) is 44.4 Å². The van der Waals surface area contributed by atoms with E-state index >= 15 is 0 Å². The summed E-state index contributed by atoms with van der Waals surface area (Å²) in [5, 5.41) is 6.31. The molecule has 0 aromatic heterocycles. The molecule has 1 aliphatic rings. The van der Waals surface area contributed by atoms with Crippen molar-refractivity contribution in [3.63, 3.8) is 0 Å². The molecule has 0 aromatic rings. The summed E-state index contributed by atoms with van der Waals surface area (Å²) in [6, 6.07) is 0.281. The van der Waals surface area contributed by atoms with E-state index < -0.39 is 0 Å². The molecule has 4 nitrogen and oxygen atoms in total. The summed E-state index contributed by atoms with van der Waals surface area (Å²) in [4.78, 5) is 14.1. The molecule has 0 radical (unpaired) electrons. The van der Waals surface area contributed by atoms with Crippen molar-refractivity contribution in [1.29, 1.82) is 0 Å². The van der Waals surface area contributed by atoms with Gasteiger partial charge >= 0.3 is 0 Å². The van der Waals surface area contributed by atoms with Crippen LogP contribution in [0.5, 0.6) is 0 Å². The minimum atomic E-state index is 0.00102. The van der Waals surface area contributed by atoms with Gasteiger partial charge in [-0.2, -0.15) is 0 Å². The molecular formula is C11H23N3O. The Balaban J connectivity index is 2.37. The molecule has 4 heteroatoms. The molecule has 2 N–H and O–H groups in total. The Labute approximate surface area is 92.4 Å². The Morgan fingerprint density at radius 3 is 2.53 bits per heavy atom. The number of carbonyl (C=O) groups is 1. The molecule has 15 heavy (non-hydrogen) atoms. The smallest absolute Gasteiger partial charge is 0.237 e. The van der Waals surface area contributed by atoms with E-state index in [1.165, 1.54) is 0 Å². The normalized spacial score (nSPS) is 22.1.